The van der Waals surface area contributed by atoms with Gasteiger partial charge < -0.3 is 10.1 Å². The van der Waals surface area contributed by atoms with Gasteiger partial charge in [0.2, 0.25) is 0 Å². The number of rotatable bonds is 5. The van der Waals surface area contributed by atoms with E-state index in [0.29, 0.717) is 0 Å². The third kappa shape index (κ3) is 4.20. The van der Waals surface area contributed by atoms with Crippen LogP contribution >= 0.6 is 0 Å². The first-order chi connectivity index (χ1) is 12.7. The van der Waals surface area contributed by atoms with Gasteiger partial charge in [-0.1, -0.05) is 12.1 Å². The number of halogens is 6. The molecule has 0 amide bonds. The summed E-state index contributed by atoms with van der Waals surface area (Å²) in [5.74, 6) is -0.711. The zero-order valence-corrected chi connectivity index (χ0v) is 13.3. The second-order valence-electron chi connectivity index (χ2n) is 5.27. The van der Waals surface area contributed by atoms with Crippen LogP contribution in [0, 0.1) is 0 Å². The molecule has 0 aliphatic rings. The molecule has 0 saturated carbocycles. The Morgan fingerprint density at radius 1 is 1.04 bits per heavy atom. The van der Waals surface area contributed by atoms with Crippen molar-refractivity contribution in [3.63, 3.8) is 0 Å². The van der Waals surface area contributed by atoms with E-state index in [2.05, 4.69) is 20.4 Å². The molecular weight excluding hydrogens is 380 g/mol. The number of hydrogen-bond acceptors (Lipinski definition) is 5. The lowest BCUT2D eigenvalue weighted by molar-refractivity contribution is -0.141. The van der Waals surface area contributed by atoms with Crippen LogP contribution in [0.1, 0.15) is 11.3 Å². The van der Waals surface area contributed by atoms with E-state index in [9.17, 15) is 26.3 Å². The largest absolute Gasteiger partial charge is 0.491 e. The number of alkyl halides is 6. The smallest absolute Gasteiger partial charge is 0.433 e. The number of ether oxygens (including phenoxy) is 1. The predicted octanol–water partition coefficient (Wildman–Crippen LogP) is 3.65. The topological polar surface area (TPSA) is 64.3 Å². The minimum Gasteiger partial charge on any atom is -0.491 e. The lowest BCUT2D eigenvalue weighted by atomic mass is 10.2. The van der Waals surface area contributed by atoms with Crippen molar-refractivity contribution in [3.05, 3.63) is 47.9 Å². The molecule has 0 unspecified atom stereocenters. The maximum absolute atomic E-state index is 12.9. The first kappa shape index (κ1) is 18.7. The van der Waals surface area contributed by atoms with E-state index in [-0.39, 0.29) is 30.5 Å². The van der Waals surface area contributed by atoms with Crippen molar-refractivity contribution in [3.8, 4) is 5.75 Å². The lowest BCUT2D eigenvalue weighted by Crippen LogP contribution is -2.18. The molecule has 1 aromatic carbocycles. The zero-order valence-electron chi connectivity index (χ0n) is 13.3. The molecule has 3 aromatic rings. The summed E-state index contributed by atoms with van der Waals surface area (Å²) in [5.41, 5.74) is -2.11. The zero-order chi connectivity index (χ0) is 19.7. The van der Waals surface area contributed by atoms with Gasteiger partial charge in [0.15, 0.2) is 5.69 Å². The molecule has 0 saturated heterocycles. The number of hydrogen-bond donors (Lipinski definition) is 1. The van der Waals surface area contributed by atoms with Crippen LogP contribution in [0.25, 0.3) is 5.78 Å². The van der Waals surface area contributed by atoms with Crippen molar-refractivity contribution in [2.45, 2.75) is 12.4 Å². The predicted molar refractivity (Wildman–Crippen MR) is 81.2 cm³/mol. The van der Waals surface area contributed by atoms with Crippen LogP contribution in [-0.2, 0) is 12.4 Å². The summed E-state index contributed by atoms with van der Waals surface area (Å²) in [6.07, 6.45) is -8.24. The van der Waals surface area contributed by atoms with Crippen molar-refractivity contribution in [2.24, 2.45) is 0 Å². The molecular formula is C15H11F6N5O. The second kappa shape index (κ2) is 6.93. The highest BCUT2D eigenvalue weighted by Gasteiger charge is 2.35. The number of nitrogens with one attached hydrogen (secondary N) is 1. The van der Waals surface area contributed by atoms with Gasteiger partial charge in [0, 0.05) is 6.07 Å². The lowest BCUT2D eigenvalue weighted by Gasteiger charge is -2.15. The Bertz CT molecular complexity index is 936. The average Bonchev–Trinajstić information content (AvgIpc) is 3.06. The highest BCUT2D eigenvalue weighted by Crippen LogP contribution is 2.35. The van der Waals surface area contributed by atoms with E-state index in [1.54, 1.807) is 0 Å². The third-order valence-electron chi connectivity index (χ3n) is 3.40. The van der Waals surface area contributed by atoms with Crippen molar-refractivity contribution in [1.29, 1.82) is 0 Å². The fourth-order valence-corrected chi connectivity index (χ4v) is 2.25. The average molecular weight is 391 g/mol. The van der Waals surface area contributed by atoms with Crippen LogP contribution in [0.3, 0.4) is 0 Å². The summed E-state index contributed by atoms with van der Waals surface area (Å²) < 4.78 is 83.5. The van der Waals surface area contributed by atoms with Gasteiger partial charge >= 0.3 is 12.4 Å². The Morgan fingerprint density at radius 3 is 2.48 bits per heavy atom. The van der Waals surface area contributed by atoms with Gasteiger partial charge in [0.25, 0.3) is 5.78 Å². The van der Waals surface area contributed by atoms with Gasteiger partial charge in [0.1, 0.15) is 24.5 Å². The molecule has 0 spiro atoms. The van der Waals surface area contributed by atoms with E-state index in [4.69, 9.17) is 4.74 Å². The number of nitrogens with zero attached hydrogens (tertiary/aromatic N) is 4. The van der Waals surface area contributed by atoms with Crippen molar-refractivity contribution < 1.29 is 31.1 Å². The first-order valence-electron chi connectivity index (χ1n) is 7.47. The number of fused-ring (bicyclic) bond motifs is 1. The summed E-state index contributed by atoms with van der Waals surface area (Å²) in [4.78, 5) is 6.96. The Balaban J connectivity index is 1.71. The molecule has 1 N–H and O–H groups in total. The summed E-state index contributed by atoms with van der Waals surface area (Å²) in [6.45, 7) is -0.310. The highest BCUT2D eigenvalue weighted by atomic mass is 19.4. The van der Waals surface area contributed by atoms with E-state index in [0.717, 1.165) is 29.0 Å². The third-order valence-corrected chi connectivity index (χ3v) is 3.40. The summed E-state index contributed by atoms with van der Waals surface area (Å²) in [6, 6.07) is 5.37. The Morgan fingerprint density at radius 2 is 1.78 bits per heavy atom. The number of benzene rings is 1. The molecule has 0 atom stereocenters. The molecule has 0 aliphatic heterocycles. The standard InChI is InChI=1S/C15H11F6N5O/c16-14(17,18)9-3-1-2-4-10(9)27-6-5-22-12-7-11(15(19,20)21)25-13-23-8-24-26(12)13/h1-4,7-8,22H,5-6H2. The fraction of sp³-hybridized carbons (Fsp3) is 0.267. The number of para-hydroxylation sites is 1. The molecule has 0 fully saturated rings. The number of anilines is 1. The molecule has 2 heterocycles. The maximum atomic E-state index is 12.9. The van der Waals surface area contributed by atoms with Gasteiger partial charge in [-0.05, 0) is 12.1 Å². The molecule has 0 radical (unpaired) electrons. The van der Waals surface area contributed by atoms with Gasteiger partial charge in [-0.2, -0.15) is 40.9 Å². The van der Waals surface area contributed by atoms with Gasteiger partial charge in [0.05, 0.1) is 12.1 Å². The van der Waals surface area contributed by atoms with Crippen LogP contribution in [0.5, 0.6) is 5.75 Å². The van der Waals surface area contributed by atoms with Crippen LogP contribution in [-0.4, -0.2) is 32.7 Å². The summed E-state index contributed by atoms with van der Waals surface area (Å²) in [5, 5.41) is 6.38. The number of aromatic nitrogens is 4. The van der Waals surface area contributed by atoms with Gasteiger partial charge in [-0.3, -0.25) is 0 Å². The molecule has 27 heavy (non-hydrogen) atoms. The molecule has 0 bridgehead atoms. The molecule has 2 aromatic heterocycles. The van der Waals surface area contributed by atoms with Crippen LogP contribution in [0.4, 0.5) is 32.2 Å². The van der Waals surface area contributed by atoms with Crippen LogP contribution < -0.4 is 10.1 Å². The minimum absolute atomic E-state index is 0.0717. The monoisotopic (exact) mass is 391 g/mol. The molecule has 0 aliphatic carbocycles. The second-order valence-corrected chi connectivity index (χ2v) is 5.27. The quantitative estimate of drug-likeness (QED) is 0.531. The van der Waals surface area contributed by atoms with E-state index < -0.39 is 23.6 Å². The van der Waals surface area contributed by atoms with Crippen LogP contribution in [0.2, 0.25) is 0 Å². The van der Waals surface area contributed by atoms with Crippen molar-refractivity contribution in [1.82, 2.24) is 19.6 Å². The first-order valence-corrected chi connectivity index (χ1v) is 7.47. The normalized spacial score (nSPS) is 12.4. The molecule has 12 heteroatoms. The Hall–Kier alpha value is -3.05. The maximum Gasteiger partial charge on any atom is 0.433 e. The minimum atomic E-state index is -4.69. The summed E-state index contributed by atoms with van der Waals surface area (Å²) in [7, 11) is 0. The molecule has 144 valence electrons. The Kier molecular flexibility index (Phi) is 4.81. The van der Waals surface area contributed by atoms with E-state index in [1.165, 1.54) is 12.1 Å². The SMILES string of the molecule is FC(F)(F)c1cc(NCCOc2ccccc2C(F)(F)F)n2ncnc2n1. The van der Waals surface area contributed by atoms with E-state index >= 15 is 0 Å². The highest BCUT2D eigenvalue weighted by molar-refractivity contribution is 5.45. The molecule has 6 nitrogen and oxygen atoms in total. The molecule has 3 rings (SSSR count). The van der Waals surface area contributed by atoms with Crippen molar-refractivity contribution >= 4 is 11.6 Å². The van der Waals surface area contributed by atoms with Crippen molar-refractivity contribution in [2.75, 3.05) is 18.5 Å². The van der Waals surface area contributed by atoms with Gasteiger partial charge in [-0.15, -0.1) is 0 Å². The van der Waals surface area contributed by atoms with E-state index in [1.807, 2.05) is 0 Å². The Labute approximate surface area is 147 Å². The fourth-order valence-electron chi connectivity index (χ4n) is 2.25. The van der Waals surface area contributed by atoms with Gasteiger partial charge in [-0.25, -0.2) is 4.98 Å². The van der Waals surface area contributed by atoms with Crippen LogP contribution in [0.15, 0.2) is 36.7 Å². The summed E-state index contributed by atoms with van der Waals surface area (Å²) >= 11 is 0.